The lowest BCUT2D eigenvalue weighted by Gasteiger charge is -2.04. The molecule has 0 fully saturated rings. The smallest absolute Gasteiger partial charge is 0.218 e. The summed E-state index contributed by atoms with van der Waals surface area (Å²) in [5.41, 5.74) is 0. The fourth-order valence-electron chi connectivity index (χ4n) is 0.917. The third-order valence-electron chi connectivity index (χ3n) is 1.38. The molecule has 0 bridgehead atoms. The van der Waals surface area contributed by atoms with Gasteiger partial charge in [-0.05, 0) is 13.8 Å². The summed E-state index contributed by atoms with van der Waals surface area (Å²) in [6.45, 7) is 4.70. The van der Waals surface area contributed by atoms with Crippen LogP contribution in [0.25, 0.3) is 0 Å². The van der Waals surface area contributed by atoms with Crippen LogP contribution in [0.2, 0.25) is 0 Å². The van der Waals surface area contributed by atoms with Crippen molar-refractivity contribution in [3.05, 3.63) is 11.9 Å². The second kappa shape index (κ2) is 3.90. The zero-order chi connectivity index (χ0) is 8.97. The fourth-order valence-corrected chi connectivity index (χ4v) is 0.917. The van der Waals surface area contributed by atoms with E-state index in [1.165, 1.54) is 0 Å². The van der Waals surface area contributed by atoms with Crippen LogP contribution in [-0.2, 0) is 0 Å². The molecular weight excluding hydrogens is 154 g/mol. The maximum absolute atomic E-state index is 4.99. The van der Waals surface area contributed by atoms with Gasteiger partial charge in [-0.3, -0.25) is 0 Å². The van der Waals surface area contributed by atoms with Crippen LogP contribution in [-0.4, -0.2) is 23.6 Å². The molecule has 4 nitrogen and oxygen atoms in total. The Labute approximate surface area is 72.0 Å². The summed E-state index contributed by atoms with van der Waals surface area (Å²) in [5, 5.41) is 3.09. The normalized spacial score (nSPS) is 9.58. The van der Waals surface area contributed by atoms with Crippen molar-refractivity contribution >= 4 is 5.82 Å². The molecule has 12 heavy (non-hydrogen) atoms. The molecule has 0 saturated heterocycles. The van der Waals surface area contributed by atoms with E-state index in [2.05, 4.69) is 15.3 Å². The summed E-state index contributed by atoms with van der Waals surface area (Å²) >= 11 is 0. The van der Waals surface area contributed by atoms with Gasteiger partial charge in [-0.2, -0.15) is 4.98 Å². The molecule has 0 spiro atoms. The van der Waals surface area contributed by atoms with Gasteiger partial charge >= 0.3 is 0 Å². The number of rotatable bonds is 3. The second-order valence-corrected chi connectivity index (χ2v) is 2.37. The van der Waals surface area contributed by atoms with Gasteiger partial charge < -0.3 is 10.1 Å². The number of nitrogens with zero attached hydrogens (tertiary/aromatic N) is 2. The van der Waals surface area contributed by atoms with Crippen LogP contribution in [0.3, 0.4) is 0 Å². The minimum atomic E-state index is 0.596. The molecule has 0 radical (unpaired) electrons. The van der Waals surface area contributed by atoms with Crippen molar-refractivity contribution in [3.8, 4) is 5.88 Å². The number of hydrogen-bond acceptors (Lipinski definition) is 4. The Kier molecular flexibility index (Phi) is 2.85. The summed E-state index contributed by atoms with van der Waals surface area (Å²) in [7, 11) is 1.59. The van der Waals surface area contributed by atoms with E-state index in [4.69, 9.17) is 4.74 Å². The van der Waals surface area contributed by atoms with E-state index in [1.54, 1.807) is 13.2 Å². The molecule has 4 heteroatoms. The molecular formula is C8H13N3O. The van der Waals surface area contributed by atoms with Crippen LogP contribution < -0.4 is 10.1 Å². The first-order valence-corrected chi connectivity index (χ1v) is 3.89. The van der Waals surface area contributed by atoms with Crippen molar-refractivity contribution in [2.24, 2.45) is 0 Å². The average Bonchev–Trinajstić information content (AvgIpc) is 2.04. The largest absolute Gasteiger partial charge is 0.481 e. The average molecular weight is 167 g/mol. The first-order valence-electron chi connectivity index (χ1n) is 3.89. The topological polar surface area (TPSA) is 47.0 Å². The van der Waals surface area contributed by atoms with Gasteiger partial charge in [0.25, 0.3) is 0 Å². The highest BCUT2D eigenvalue weighted by molar-refractivity contribution is 5.37. The lowest BCUT2D eigenvalue weighted by atomic mass is 10.5. The first kappa shape index (κ1) is 8.77. The van der Waals surface area contributed by atoms with Crippen molar-refractivity contribution in [1.29, 1.82) is 0 Å². The molecule has 0 aliphatic carbocycles. The first-order chi connectivity index (χ1) is 5.76. The maximum Gasteiger partial charge on any atom is 0.218 e. The van der Waals surface area contributed by atoms with Crippen LogP contribution in [0.15, 0.2) is 6.07 Å². The van der Waals surface area contributed by atoms with Gasteiger partial charge in [-0.15, -0.1) is 0 Å². The van der Waals surface area contributed by atoms with Crippen LogP contribution in [0, 0.1) is 6.92 Å². The predicted octanol–water partition coefficient (Wildman–Crippen LogP) is 1.23. The summed E-state index contributed by atoms with van der Waals surface area (Å²) < 4.78 is 4.99. The van der Waals surface area contributed by atoms with E-state index in [9.17, 15) is 0 Å². The summed E-state index contributed by atoms with van der Waals surface area (Å²) in [6.07, 6.45) is 0. The van der Waals surface area contributed by atoms with Crippen molar-refractivity contribution < 1.29 is 4.74 Å². The number of aromatic nitrogens is 2. The van der Waals surface area contributed by atoms with Crippen LogP contribution in [0.5, 0.6) is 5.88 Å². The zero-order valence-corrected chi connectivity index (χ0v) is 7.59. The Morgan fingerprint density at radius 2 is 2.25 bits per heavy atom. The lowest BCUT2D eigenvalue weighted by Crippen LogP contribution is -2.02. The molecule has 1 N–H and O–H groups in total. The van der Waals surface area contributed by atoms with Gasteiger partial charge in [0.2, 0.25) is 5.88 Å². The highest BCUT2D eigenvalue weighted by atomic mass is 16.5. The SMILES string of the molecule is CCNc1cc(OC)nc(C)n1. The molecule has 0 aromatic carbocycles. The third-order valence-corrected chi connectivity index (χ3v) is 1.38. The van der Waals surface area contributed by atoms with Crippen LogP contribution in [0.4, 0.5) is 5.82 Å². The Morgan fingerprint density at radius 3 is 2.83 bits per heavy atom. The van der Waals surface area contributed by atoms with E-state index in [0.29, 0.717) is 11.7 Å². The van der Waals surface area contributed by atoms with Crippen LogP contribution >= 0.6 is 0 Å². The molecule has 0 amide bonds. The highest BCUT2D eigenvalue weighted by Crippen LogP contribution is 2.11. The van der Waals surface area contributed by atoms with Gasteiger partial charge in [-0.25, -0.2) is 4.98 Å². The monoisotopic (exact) mass is 167 g/mol. The van der Waals surface area contributed by atoms with Gasteiger partial charge in [0.1, 0.15) is 11.6 Å². The van der Waals surface area contributed by atoms with E-state index < -0.39 is 0 Å². The second-order valence-electron chi connectivity index (χ2n) is 2.37. The maximum atomic E-state index is 4.99. The van der Waals surface area contributed by atoms with Gasteiger partial charge in [-0.1, -0.05) is 0 Å². The molecule has 1 aromatic rings. The molecule has 0 aliphatic rings. The van der Waals surface area contributed by atoms with E-state index in [0.717, 1.165) is 12.4 Å². The molecule has 1 heterocycles. The van der Waals surface area contributed by atoms with Crippen molar-refractivity contribution in [2.45, 2.75) is 13.8 Å². The summed E-state index contributed by atoms with van der Waals surface area (Å²) in [5.74, 6) is 2.12. The molecule has 0 atom stereocenters. The molecule has 0 unspecified atom stereocenters. The molecule has 0 aliphatic heterocycles. The lowest BCUT2D eigenvalue weighted by molar-refractivity contribution is 0.396. The van der Waals surface area contributed by atoms with Gasteiger partial charge in [0, 0.05) is 12.6 Å². The van der Waals surface area contributed by atoms with Crippen molar-refractivity contribution in [2.75, 3.05) is 19.0 Å². The number of aryl methyl sites for hydroxylation is 1. The predicted molar refractivity (Wildman–Crippen MR) is 47.5 cm³/mol. The number of anilines is 1. The highest BCUT2D eigenvalue weighted by Gasteiger charge is 1.99. The van der Waals surface area contributed by atoms with Crippen molar-refractivity contribution in [1.82, 2.24) is 9.97 Å². The van der Waals surface area contributed by atoms with E-state index in [1.807, 2.05) is 13.8 Å². The van der Waals surface area contributed by atoms with Gasteiger partial charge in [0.05, 0.1) is 7.11 Å². The Bertz CT molecular complexity index is 262. The number of methoxy groups -OCH3 is 1. The van der Waals surface area contributed by atoms with Crippen molar-refractivity contribution in [3.63, 3.8) is 0 Å². The minimum absolute atomic E-state index is 0.596. The third kappa shape index (κ3) is 2.08. The Morgan fingerprint density at radius 1 is 1.50 bits per heavy atom. The fraction of sp³-hybridized carbons (Fsp3) is 0.500. The Balaban J connectivity index is 2.90. The minimum Gasteiger partial charge on any atom is -0.481 e. The van der Waals surface area contributed by atoms with E-state index in [-0.39, 0.29) is 0 Å². The van der Waals surface area contributed by atoms with Crippen LogP contribution in [0.1, 0.15) is 12.7 Å². The molecule has 1 rings (SSSR count). The molecule has 66 valence electrons. The number of hydrogen-bond donors (Lipinski definition) is 1. The summed E-state index contributed by atoms with van der Waals surface area (Å²) in [6, 6.07) is 1.77. The summed E-state index contributed by atoms with van der Waals surface area (Å²) in [4.78, 5) is 8.23. The zero-order valence-electron chi connectivity index (χ0n) is 7.59. The number of nitrogens with one attached hydrogen (secondary N) is 1. The molecule has 0 saturated carbocycles. The number of ether oxygens (including phenoxy) is 1. The van der Waals surface area contributed by atoms with Gasteiger partial charge in [0.15, 0.2) is 0 Å². The Hall–Kier alpha value is -1.32. The quantitative estimate of drug-likeness (QED) is 0.735. The molecule has 1 aromatic heterocycles. The van der Waals surface area contributed by atoms with E-state index >= 15 is 0 Å². The standard InChI is InChI=1S/C8H13N3O/c1-4-9-7-5-8(12-3)11-6(2)10-7/h5H,4H2,1-3H3,(H,9,10,11).